The Morgan fingerprint density at radius 2 is 1.61 bits per heavy atom. The zero-order valence-corrected chi connectivity index (χ0v) is 18.6. The van der Waals surface area contributed by atoms with E-state index < -0.39 is 5.60 Å². The van der Waals surface area contributed by atoms with Crippen LogP contribution < -0.4 is 4.90 Å². The second-order valence-corrected chi connectivity index (χ2v) is 8.69. The lowest BCUT2D eigenvalue weighted by molar-refractivity contribution is -0.138. The van der Waals surface area contributed by atoms with Crippen LogP contribution in [0.1, 0.15) is 65.4 Å². The fourth-order valence-corrected chi connectivity index (χ4v) is 4.32. The Morgan fingerprint density at radius 1 is 1.07 bits per heavy atom. The number of carbonyl (C=O) groups excluding carboxylic acids is 1. The van der Waals surface area contributed by atoms with Crippen molar-refractivity contribution in [1.82, 2.24) is 4.90 Å². The normalized spacial score (nSPS) is 20.0. The number of hydrogen-bond donors (Lipinski definition) is 1. The summed E-state index contributed by atoms with van der Waals surface area (Å²) >= 11 is 0. The molecule has 0 aliphatic carbocycles. The van der Waals surface area contributed by atoms with Crippen LogP contribution in [-0.4, -0.2) is 47.7 Å². The standard InChI is InChI=1S/C22H34N2O2.C2H6/c1-17(2)19-8-12-24(13-9-19)21(25)16-22(26)10-14-23(15-11-22)20-6-4-18(3)5-7-20;1-2/h4-7,17,19,26H,8-16H2,1-3H3;1-2H3. The maximum atomic E-state index is 12.7. The monoisotopic (exact) mass is 388 g/mol. The minimum Gasteiger partial charge on any atom is -0.389 e. The molecule has 2 aliphatic heterocycles. The fourth-order valence-electron chi connectivity index (χ4n) is 4.32. The third-order valence-electron chi connectivity index (χ3n) is 6.41. The van der Waals surface area contributed by atoms with Crippen LogP contribution in [0.3, 0.4) is 0 Å². The van der Waals surface area contributed by atoms with E-state index in [4.69, 9.17) is 0 Å². The first kappa shape index (κ1) is 22.7. The minimum atomic E-state index is -0.840. The van der Waals surface area contributed by atoms with Crippen LogP contribution in [0.25, 0.3) is 0 Å². The van der Waals surface area contributed by atoms with Gasteiger partial charge in [0.25, 0.3) is 0 Å². The number of aryl methyl sites for hydroxylation is 1. The number of benzene rings is 1. The minimum absolute atomic E-state index is 0.137. The summed E-state index contributed by atoms with van der Waals surface area (Å²) in [6.07, 6.45) is 3.80. The summed E-state index contributed by atoms with van der Waals surface area (Å²) < 4.78 is 0. The summed E-state index contributed by atoms with van der Waals surface area (Å²) in [4.78, 5) is 17.0. The molecule has 2 aliphatic rings. The van der Waals surface area contributed by atoms with Gasteiger partial charge >= 0.3 is 0 Å². The summed E-state index contributed by atoms with van der Waals surface area (Å²) in [6, 6.07) is 8.54. The van der Waals surface area contributed by atoms with Crippen molar-refractivity contribution in [3.05, 3.63) is 29.8 Å². The molecule has 2 fully saturated rings. The number of hydrogen-bond acceptors (Lipinski definition) is 3. The van der Waals surface area contributed by atoms with E-state index in [0.29, 0.717) is 18.8 Å². The Bertz CT molecular complexity index is 596. The molecule has 0 unspecified atom stereocenters. The molecule has 0 aromatic heterocycles. The van der Waals surface area contributed by atoms with Crippen LogP contribution in [0.4, 0.5) is 5.69 Å². The number of amides is 1. The molecule has 28 heavy (non-hydrogen) atoms. The fraction of sp³-hybridized carbons (Fsp3) is 0.708. The van der Waals surface area contributed by atoms with Crippen LogP contribution in [0.2, 0.25) is 0 Å². The Labute approximate surface area is 171 Å². The van der Waals surface area contributed by atoms with Crippen molar-refractivity contribution in [2.24, 2.45) is 11.8 Å². The van der Waals surface area contributed by atoms with Gasteiger partial charge in [-0.15, -0.1) is 0 Å². The molecule has 1 amide bonds. The lowest BCUT2D eigenvalue weighted by Crippen LogP contribution is -2.49. The number of piperidine rings is 2. The molecule has 0 bridgehead atoms. The average molecular weight is 389 g/mol. The maximum Gasteiger partial charge on any atom is 0.225 e. The van der Waals surface area contributed by atoms with Gasteiger partial charge < -0.3 is 14.9 Å². The average Bonchev–Trinajstić information content (AvgIpc) is 2.71. The van der Waals surface area contributed by atoms with Gasteiger partial charge in [0.1, 0.15) is 0 Å². The molecule has 0 saturated carbocycles. The number of aliphatic hydroxyl groups is 1. The first-order valence-electron chi connectivity index (χ1n) is 11.2. The lowest BCUT2D eigenvalue weighted by atomic mass is 9.85. The molecule has 1 aromatic rings. The first-order chi connectivity index (χ1) is 13.4. The van der Waals surface area contributed by atoms with Crippen molar-refractivity contribution in [2.75, 3.05) is 31.1 Å². The Balaban J connectivity index is 0.00000136. The predicted octanol–water partition coefficient (Wildman–Crippen LogP) is 4.64. The highest BCUT2D eigenvalue weighted by molar-refractivity contribution is 5.77. The van der Waals surface area contributed by atoms with E-state index >= 15 is 0 Å². The van der Waals surface area contributed by atoms with Crippen molar-refractivity contribution in [1.29, 1.82) is 0 Å². The summed E-state index contributed by atoms with van der Waals surface area (Å²) in [6.45, 7) is 14.0. The van der Waals surface area contributed by atoms with Crippen molar-refractivity contribution in [3.8, 4) is 0 Å². The van der Waals surface area contributed by atoms with Crippen LogP contribution in [0.5, 0.6) is 0 Å². The molecule has 1 aromatic carbocycles. The highest BCUT2D eigenvalue weighted by atomic mass is 16.3. The van der Waals surface area contributed by atoms with Gasteiger partial charge in [0.05, 0.1) is 12.0 Å². The summed E-state index contributed by atoms with van der Waals surface area (Å²) in [5, 5.41) is 10.9. The van der Waals surface area contributed by atoms with Crippen molar-refractivity contribution < 1.29 is 9.90 Å². The molecule has 0 radical (unpaired) electrons. The molecule has 158 valence electrons. The van der Waals surface area contributed by atoms with Crippen molar-refractivity contribution in [3.63, 3.8) is 0 Å². The zero-order valence-electron chi connectivity index (χ0n) is 18.6. The van der Waals surface area contributed by atoms with Gasteiger partial charge in [-0.05, 0) is 56.6 Å². The molecule has 4 heteroatoms. The van der Waals surface area contributed by atoms with Crippen LogP contribution >= 0.6 is 0 Å². The van der Waals surface area contributed by atoms with E-state index in [1.54, 1.807) is 0 Å². The van der Waals surface area contributed by atoms with E-state index in [1.165, 1.54) is 11.3 Å². The maximum absolute atomic E-state index is 12.7. The number of nitrogens with zero attached hydrogens (tertiary/aromatic N) is 2. The molecule has 1 N–H and O–H groups in total. The van der Waals surface area contributed by atoms with Gasteiger partial charge in [0.2, 0.25) is 5.91 Å². The number of likely N-dealkylation sites (tertiary alicyclic amines) is 1. The van der Waals surface area contributed by atoms with E-state index in [9.17, 15) is 9.90 Å². The Hall–Kier alpha value is -1.55. The van der Waals surface area contributed by atoms with Gasteiger partial charge in [-0.1, -0.05) is 45.4 Å². The van der Waals surface area contributed by atoms with Gasteiger partial charge in [0, 0.05) is 31.9 Å². The quantitative estimate of drug-likeness (QED) is 0.817. The summed E-state index contributed by atoms with van der Waals surface area (Å²) in [5.41, 5.74) is 1.63. The van der Waals surface area contributed by atoms with E-state index in [0.717, 1.165) is 44.9 Å². The van der Waals surface area contributed by atoms with Gasteiger partial charge in [-0.25, -0.2) is 0 Å². The number of carbonyl (C=O) groups is 1. The van der Waals surface area contributed by atoms with E-state index in [-0.39, 0.29) is 12.3 Å². The number of rotatable bonds is 4. The largest absolute Gasteiger partial charge is 0.389 e. The van der Waals surface area contributed by atoms with Crippen molar-refractivity contribution >= 4 is 11.6 Å². The molecule has 0 atom stereocenters. The molecule has 2 saturated heterocycles. The molecule has 4 nitrogen and oxygen atoms in total. The van der Waals surface area contributed by atoms with E-state index in [2.05, 4.69) is 49.9 Å². The zero-order chi connectivity index (χ0) is 20.7. The molecule has 2 heterocycles. The third kappa shape index (κ3) is 5.97. The predicted molar refractivity (Wildman–Crippen MR) is 118 cm³/mol. The van der Waals surface area contributed by atoms with Crippen LogP contribution in [-0.2, 0) is 4.79 Å². The van der Waals surface area contributed by atoms with Crippen LogP contribution in [0, 0.1) is 18.8 Å². The Morgan fingerprint density at radius 3 is 2.11 bits per heavy atom. The summed E-state index contributed by atoms with van der Waals surface area (Å²) in [7, 11) is 0. The molecule has 0 spiro atoms. The van der Waals surface area contributed by atoms with Gasteiger partial charge in [0.15, 0.2) is 0 Å². The lowest BCUT2D eigenvalue weighted by Gasteiger charge is -2.41. The van der Waals surface area contributed by atoms with Crippen LogP contribution in [0.15, 0.2) is 24.3 Å². The van der Waals surface area contributed by atoms with Gasteiger partial charge in [-0.2, -0.15) is 0 Å². The second kappa shape index (κ2) is 10.3. The highest BCUT2D eigenvalue weighted by Gasteiger charge is 2.36. The smallest absolute Gasteiger partial charge is 0.225 e. The molecular weight excluding hydrogens is 348 g/mol. The number of anilines is 1. The molecular formula is C24H40N2O2. The second-order valence-electron chi connectivity index (χ2n) is 8.69. The van der Waals surface area contributed by atoms with Gasteiger partial charge in [-0.3, -0.25) is 4.79 Å². The SMILES string of the molecule is CC.Cc1ccc(N2CCC(O)(CC(=O)N3CCC(C(C)C)CC3)CC2)cc1. The Kier molecular flexibility index (Phi) is 8.36. The summed E-state index contributed by atoms with van der Waals surface area (Å²) in [5.74, 6) is 1.57. The van der Waals surface area contributed by atoms with E-state index in [1.807, 2.05) is 18.7 Å². The first-order valence-corrected chi connectivity index (χ1v) is 11.2. The highest BCUT2D eigenvalue weighted by Crippen LogP contribution is 2.31. The molecule has 3 rings (SSSR count). The topological polar surface area (TPSA) is 43.8 Å². The third-order valence-corrected chi connectivity index (χ3v) is 6.41. The van der Waals surface area contributed by atoms with Crippen molar-refractivity contribution in [2.45, 2.75) is 72.3 Å².